The lowest BCUT2D eigenvalue weighted by molar-refractivity contribution is 0.295. The second kappa shape index (κ2) is 5.42. The molecule has 0 aromatic heterocycles. The highest BCUT2D eigenvalue weighted by atomic mass is 127. The van der Waals surface area contributed by atoms with Gasteiger partial charge in [0.05, 0.1) is 11.0 Å². The summed E-state index contributed by atoms with van der Waals surface area (Å²) in [5, 5.41) is 0. The zero-order valence-electron chi connectivity index (χ0n) is 9.03. The minimum atomic E-state index is 0.300. The highest BCUT2D eigenvalue weighted by Crippen LogP contribution is 2.20. The van der Waals surface area contributed by atoms with Crippen molar-refractivity contribution in [1.29, 1.82) is 0 Å². The lowest BCUT2D eigenvalue weighted by atomic mass is 10.2. The zero-order chi connectivity index (χ0) is 11.5. The topological polar surface area (TPSA) is 29.3 Å². The van der Waals surface area contributed by atoms with E-state index in [-0.39, 0.29) is 0 Å². The van der Waals surface area contributed by atoms with E-state index < -0.39 is 0 Å². The van der Waals surface area contributed by atoms with Crippen molar-refractivity contribution < 1.29 is 0 Å². The minimum Gasteiger partial charge on any atom is -0.392 e. The van der Waals surface area contributed by atoms with Crippen molar-refractivity contribution in [1.82, 2.24) is 4.90 Å². The molecule has 1 unspecified atom stereocenters. The largest absolute Gasteiger partial charge is 0.392 e. The number of benzene rings is 1. The molecule has 1 aliphatic heterocycles. The third-order valence-electron chi connectivity index (χ3n) is 2.99. The molecule has 1 heterocycles. The van der Waals surface area contributed by atoms with Crippen molar-refractivity contribution in [2.45, 2.75) is 25.4 Å². The van der Waals surface area contributed by atoms with Gasteiger partial charge in [-0.05, 0) is 59.7 Å². The molecule has 1 aromatic rings. The van der Waals surface area contributed by atoms with Crippen molar-refractivity contribution >= 4 is 39.8 Å². The molecule has 4 heteroatoms. The number of halogens is 1. The Morgan fingerprint density at radius 3 is 2.75 bits per heavy atom. The first-order chi connectivity index (χ1) is 7.66. The number of nitrogens with zero attached hydrogens (tertiary/aromatic N) is 1. The van der Waals surface area contributed by atoms with Crippen LogP contribution in [0.2, 0.25) is 0 Å². The van der Waals surface area contributed by atoms with Crippen LogP contribution in [0.5, 0.6) is 0 Å². The van der Waals surface area contributed by atoms with E-state index >= 15 is 0 Å². The third kappa shape index (κ3) is 2.93. The molecule has 1 aromatic carbocycles. The Hall–Kier alpha value is -0.200. The van der Waals surface area contributed by atoms with Crippen molar-refractivity contribution in [3.05, 3.63) is 33.4 Å². The van der Waals surface area contributed by atoms with Crippen molar-refractivity contribution in [3.63, 3.8) is 0 Å². The Balaban J connectivity index is 2.03. The highest BCUT2D eigenvalue weighted by Gasteiger charge is 2.26. The smallest absolute Gasteiger partial charge is 0.0902 e. The lowest BCUT2D eigenvalue weighted by Crippen LogP contribution is -2.38. The minimum absolute atomic E-state index is 0.300. The van der Waals surface area contributed by atoms with Crippen LogP contribution in [-0.2, 0) is 6.54 Å². The van der Waals surface area contributed by atoms with Gasteiger partial charge >= 0.3 is 0 Å². The maximum Gasteiger partial charge on any atom is 0.0902 e. The fraction of sp³-hybridized carbons (Fsp3) is 0.417. The summed E-state index contributed by atoms with van der Waals surface area (Å²) in [5.74, 6) is 0. The van der Waals surface area contributed by atoms with Gasteiger partial charge in [-0.1, -0.05) is 24.4 Å². The first-order valence-electron chi connectivity index (χ1n) is 5.44. The second-order valence-corrected chi connectivity index (χ2v) is 5.87. The van der Waals surface area contributed by atoms with Crippen LogP contribution in [-0.4, -0.2) is 22.5 Å². The van der Waals surface area contributed by atoms with Gasteiger partial charge < -0.3 is 5.73 Å². The van der Waals surface area contributed by atoms with Crippen LogP contribution >= 0.6 is 34.8 Å². The molecule has 1 fully saturated rings. The standard InChI is InChI=1S/C12H15IN2S/c13-10-5-3-9(4-6-10)8-15-7-1-2-11(15)12(14)16/h3-6,11H,1-2,7-8H2,(H2,14,16). The normalized spacial score (nSPS) is 21.2. The summed E-state index contributed by atoms with van der Waals surface area (Å²) in [6, 6.07) is 8.94. The molecule has 86 valence electrons. The average molecular weight is 346 g/mol. The molecule has 0 spiro atoms. The Morgan fingerprint density at radius 2 is 2.12 bits per heavy atom. The van der Waals surface area contributed by atoms with Crippen molar-refractivity contribution in [2.75, 3.05) is 6.54 Å². The Kier molecular flexibility index (Phi) is 4.16. The van der Waals surface area contributed by atoms with Crippen LogP contribution in [0.4, 0.5) is 0 Å². The first kappa shape index (κ1) is 12.3. The first-order valence-corrected chi connectivity index (χ1v) is 6.93. The zero-order valence-corrected chi connectivity index (χ0v) is 12.0. The van der Waals surface area contributed by atoms with Crippen LogP contribution in [0.15, 0.2) is 24.3 Å². The number of hydrogen-bond acceptors (Lipinski definition) is 2. The average Bonchev–Trinajstić information content (AvgIpc) is 2.69. The van der Waals surface area contributed by atoms with Gasteiger partial charge in [0.15, 0.2) is 0 Å². The molecule has 0 bridgehead atoms. The molecule has 2 rings (SSSR count). The van der Waals surface area contributed by atoms with Gasteiger partial charge in [0.25, 0.3) is 0 Å². The van der Waals surface area contributed by atoms with Crippen LogP contribution in [0, 0.1) is 3.57 Å². The summed E-state index contributed by atoms with van der Waals surface area (Å²) in [6.07, 6.45) is 2.31. The summed E-state index contributed by atoms with van der Waals surface area (Å²) in [6.45, 7) is 2.06. The number of thiocarbonyl (C=S) groups is 1. The number of rotatable bonds is 3. The van der Waals surface area contributed by atoms with Gasteiger partial charge in [-0.15, -0.1) is 0 Å². The Bertz CT molecular complexity index is 377. The molecular formula is C12H15IN2S. The van der Waals surface area contributed by atoms with E-state index in [4.69, 9.17) is 18.0 Å². The molecule has 0 saturated carbocycles. The van der Waals surface area contributed by atoms with E-state index in [1.807, 2.05) is 0 Å². The van der Waals surface area contributed by atoms with Gasteiger partial charge in [-0.25, -0.2) is 0 Å². The summed E-state index contributed by atoms with van der Waals surface area (Å²) in [7, 11) is 0. The fourth-order valence-corrected chi connectivity index (χ4v) is 2.79. The maximum absolute atomic E-state index is 5.75. The van der Waals surface area contributed by atoms with E-state index in [1.54, 1.807) is 0 Å². The van der Waals surface area contributed by atoms with Crippen molar-refractivity contribution in [3.8, 4) is 0 Å². The second-order valence-electron chi connectivity index (χ2n) is 4.16. The van der Waals surface area contributed by atoms with Crippen LogP contribution in [0.25, 0.3) is 0 Å². The molecule has 16 heavy (non-hydrogen) atoms. The molecular weight excluding hydrogens is 331 g/mol. The van der Waals surface area contributed by atoms with E-state index in [9.17, 15) is 0 Å². The predicted octanol–water partition coefficient (Wildman–Crippen LogP) is 2.54. The van der Waals surface area contributed by atoms with E-state index in [1.165, 1.54) is 15.6 Å². The summed E-state index contributed by atoms with van der Waals surface area (Å²) < 4.78 is 1.27. The molecule has 0 aliphatic carbocycles. The van der Waals surface area contributed by atoms with E-state index in [2.05, 4.69) is 51.8 Å². The van der Waals surface area contributed by atoms with Crippen LogP contribution in [0.3, 0.4) is 0 Å². The lowest BCUT2D eigenvalue weighted by Gasteiger charge is -2.23. The molecule has 0 amide bonds. The Labute approximate surface area is 115 Å². The molecule has 2 N–H and O–H groups in total. The van der Waals surface area contributed by atoms with Crippen LogP contribution in [0.1, 0.15) is 18.4 Å². The van der Waals surface area contributed by atoms with Gasteiger partial charge in [-0.2, -0.15) is 0 Å². The molecule has 2 nitrogen and oxygen atoms in total. The molecule has 1 atom stereocenters. The summed E-state index contributed by atoms with van der Waals surface area (Å²) >= 11 is 7.43. The van der Waals surface area contributed by atoms with Gasteiger partial charge in [-0.3, -0.25) is 4.90 Å². The molecule has 1 aliphatic rings. The number of likely N-dealkylation sites (tertiary alicyclic amines) is 1. The maximum atomic E-state index is 5.75. The van der Waals surface area contributed by atoms with Crippen LogP contribution < -0.4 is 5.73 Å². The third-order valence-corrected chi connectivity index (χ3v) is 3.98. The van der Waals surface area contributed by atoms with E-state index in [0.29, 0.717) is 11.0 Å². The fourth-order valence-electron chi connectivity index (χ4n) is 2.16. The summed E-state index contributed by atoms with van der Waals surface area (Å²) in [5.41, 5.74) is 7.09. The van der Waals surface area contributed by atoms with Gasteiger partial charge in [0, 0.05) is 10.1 Å². The predicted molar refractivity (Wildman–Crippen MR) is 79.4 cm³/mol. The monoisotopic (exact) mass is 346 g/mol. The highest BCUT2D eigenvalue weighted by molar-refractivity contribution is 14.1. The Morgan fingerprint density at radius 1 is 1.44 bits per heavy atom. The molecule has 0 radical (unpaired) electrons. The van der Waals surface area contributed by atoms with Gasteiger partial charge in [0.1, 0.15) is 0 Å². The number of hydrogen-bond donors (Lipinski definition) is 1. The van der Waals surface area contributed by atoms with Gasteiger partial charge in [0.2, 0.25) is 0 Å². The van der Waals surface area contributed by atoms with E-state index in [0.717, 1.165) is 19.5 Å². The SMILES string of the molecule is NC(=S)C1CCCN1Cc1ccc(I)cc1. The number of nitrogens with two attached hydrogens (primary N) is 1. The summed E-state index contributed by atoms with van der Waals surface area (Å²) in [4.78, 5) is 3.02. The molecule has 1 saturated heterocycles. The van der Waals surface area contributed by atoms with Crippen molar-refractivity contribution in [2.24, 2.45) is 5.73 Å². The quantitative estimate of drug-likeness (QED) is 0.674.